The number of benzene rings is 1. The molecular formula is C11H10BrClFNO. The monoisotopic (exact) mass is 305 g/mol. The third kappa shape index (κ3) is 2.23. The summed E-state index contributed by atoms with van der Waals surface area (Å²) in [6.07, 6.45) is 1.74. The Kier molecular flexibility index (Phi) is 3.22. The Morgan fingerprint density at radius 1 is 1.56 bits per heavy atom. The zero-order valence-corrected chi connectivity index (χ0v) is 10.7. The summed E-state index contributed by atoms with van der Waals surface area (Å²) in [5.74, 6) is -0.549. The first-order chi connectivity index (χ1) is 7.57. The van der Waals surface area contributed by atoms with Crippen LogP contribution in [0.1, 0.15) is 18.4 Å². The van der Waals surface area contributed by atoms with Gasteiger partial charge in [-0.05, 0) is 46.5 Å². The Balaban J connectivity index is 2.23. The number of halogens is 3. The van der Waals surface area contributed by atoms with Crippen molar-refractivity contribution in [3.63, 3.8) is 0 Å². The lowest BCUT2D eigenvalue weighted by Crippen LogP contribution is -2.35. The summed E-state index contributed by atoms with van der Waals surface area (Å²) < 4.78 is 13.5. The van der Waals surface area contributed by atoms with Gasteiger partial charge in [0.05, 0.1) is 10.0 Å². The van der Waals surface area contributed by atoms with Gasteiger partial charge in [-0.15, -0.1) is 11.6 Å². The molecule has 1 amide bonds. The number of nitrogens with one attached hydrogen (secondary N) is 1. The molecule has 1 aliphatic carbocycles. The van der Waals surface area contributed by atoms with Crippen LogP contribution in [-0.4, -0.2) is 11.8 Å². The van der Waals surface area contributed by atoms with Crippen molar-refractivity contribution in [1.29, 1.82) is 0 Å². The van der Waals surface area contributed by atoms with Crippen molar-refractivity contribution in [3.8, 4) is 0 Å². The molecule has 2 rings (SSSR count). The fourth-order valence-corrected chi connectivity index (χ4v) is 2.15. The molecule has 1 aromatic rings. The number of hydrogen-bond donors (Lipinski definition) is 1. The van der Waals surface area contributed by atoms with Gasteiger partial charge >= 0.3 is 0 Å². The second kappa shape index (κ2) is 4.34. The Bertz CT molecular complexity index is 434. The highest BCUT2D eigenvalue weighted by atomic mass is 79.9. The highest BCUT2D eigenvalue weighted by molar-refractivity contribution is 9.10. The summed E-state index contributed by atoms with van der Waals surface area (Å²) in [6.45, 7) is 0. The molecule has 1 aliphatic rings. The molecule has 2 nitrogen and oxygen atoms in total. The van der Waals surface area contributed by atoms with E-state index in [9.17, 15) is 9.18 Å². The van der Waals surface area contributed by atoms with E-state index in [4.69, 9.17) is 11.6 Å². The molecule has 0 unspecified atom stereocenters. The van der Waals surface area contributed by atoms with Gasteiger partial charge in [-0.2, -0.15) is 0 Å². The third-order valence-corrected chi connectivity index (χ3v) is 3.57. The number of rotatable bonds is 3. The standard InChI is InChI=1S/C11H10BrClFNO/c12-8-5-7(1-2-9(8)14)11(3-4-11)15-10(16)6-13/h1-2,5H,3-4,6H2,(H,15,16). The van der Waals surface area contributed by atoms with Gasteiger partial charge in [-0.3, -0.25) is 4.79 Å². The van der Waals surface area contributed by atoms with Gasteiger partial charge in [-0.1, -0.05) is 6.07 Å². The zero-order chi connectivity index (χ0) is 11.8. The summed E-state index contributed by atoms with van der Waals surface area (Å²) in [5, 5.41) is 2.87. The molecule has 0 saturated heterocycles. The Labute approximate surface area is 106 Å². The van der Waals surface area contributed by atoms with Crippen molar-refractivity contribution in [2.45, 2.75) is 18.4 Å². The molecule has 1 fully saturated rings. The molecule has 16 heavy (non-hydrogen) atoms. The number of carbonyl (C=O) groups is 1. The number of amides is 1. The quantitative estimate of drug-likeness (QED) is 0.855. The van der Waals surface area contributed by atoms with Crippen LogP contribution in [0.3, 0.4) is 0 Å². The Morgan fingerprint density at radius 2 is 2.25 bits per heavy atom. The van der Waals surface area contributed by atoms with E-state index in [2.05, 4.69) is 21.2 Å². The van der Waals surface area contributed by atoms with Crippen LogP contribution in [0.15, 0.2) is 22.7 Å². The van der Waals surface area contributed by atoms with E-state index in [1.54, 1.807) is 12.1 Å². The van der Waals surface area contributed by atoms with Gasteiger partial charge in [0.15, 0.2) is 0 Å². The first-order valence-electron chi connectivity index (χ1n) is 4.90. The maximum Gasteiger partial charge on any atom is 0.235 e. The average molecular weight is 307 g/mol. The lowest BCUT2D eigenvalue weighted by molar-refractivity contribution is -0.119. The van der Waals surface area contributed by atoms with E-state index >= 15 is 0 Å². The molecule has 1 N–H and O–H groups in total. The fourth-order valence-electron chi connectivity index (χ4n) is 1.70. The molecule has 0 atom stereocenters. The summed E-state index contributed by atoms with van der Waals surface area (Å²) >= 11 is 8.58. The van der Waals surface area contributed by atoms with E-state index < -0.39 is 0 Å². The van der Waals surface area contributed by atoms with Crippen LogP contribution < -0.4 is 5.32 Å². The number of hydrogen-bond acceptors (Lipinski definition) is 1. The summed E-state index contributed by atoms with van der Waals surface area (Å²) in [6, 6.07) is 4.80. The molecule has 0 aliphatic heterocycles. The van der Waals surface area contributed by atoms with E-state index in [0.717, 1.165) is 18.4 Å². The third-order valence-electron chi connectivity index (χ3n) is 2.72. The van der Waals surface area contributed by atoms with Gasteiger partial charge in [0.25, 0.3) is 0 Å². The molecule has 0 radical (unpaired) electrons. The molecule has 0 aromatic heterocycles. The second-order valence-electron chi connectivity index (χ2n) is 3.89. The van der Waals surface area contributed by atoms with Crippen molar-refractivity contribution in [2.24, 2.45) is 0 Å². The van der Waals surface area contributed by atoms with Gasteiger partial charge in [0.1, 0.15) is 11.7 Å². The minimum absolute atomic E-state index is 0.0515. The van der Waals surface area contributed by atoms with Crippen molar-refractivity contribution in [2.75, 3.05) is 5.88 Å². The first-order valence-corrected chi connectivity index (χ1v) is 6.23. The van der Waals surface area contributed by atoms with E-state index in [-0.39, 0.29) is 23.1 Å². The predicted octanol–water partition coefficient (Wildman–Crippen LogP) is 2.93. The topological polar surface area (TPSA) is 29.1 Å². The second-order valence-corrected chi connectivity index (χ2v) is 5.01. The smallest absolute Gasteiger partial charge is 0.235 e. The molecule has 86 valence electrons. The molecule has 5 heteroatoms. The summed E-state index contributed by atoms with van der Waals surface area (Å²) in [7, 11) is 0. The highest BCUT2D eigenvalue weighted by Gasteiger charge is 2.45. The molecule has 0 heterocycles. The molecule has 1 saturated carbocycles. The van der Waals surface area contributed by atoms with Gasteiger partial charge in [0.2, 0.25) is 5.91 Å². The molecule has 0 spiro atoms. The number of carbonyl (C=O) groups excluding carboxylic acids is 1. The lowest BCUT2D eigenvalue weighted by atomic mass is 10.1. The maximum absolute atomic E-state index is 13.1. The van der Waals surface area contributed by atoms with Crippen LogP contribution in [0, 0.1) is 5.82 Å². The minimum Gasteiger partial charge on any atom is -0.346 e. The minimum atomic E-state index is -0.331. The van der Waals surface area contributed by atoms with Crippen molar-refractivity contribution >= 4 is 33.4 Å². The van der Waals surface area contributed by atoms with Gasteiger partial charge in [0, 0.05) is 0 Å². The average Bonchev–Trinajstić information content (AvgIpc) is 3.03. The zero-order valence-electron chi connectivity index (χ0n) is 8.40. The van der Waals surface area contributed by atoms with Crippen molar-refractivity contribution in [1.82, 2.24) is 5.32 Å². The van der Waals surface area contributed by atoms with E-state index in [1.807, 2.05) is 0 Å². The van der Waals surface area contributed by atoms with Crippen LogP contribution in [-0.2, 0) is 10.3 Å². The van der Waals surface area contributed by atoms with Crippen molar-refractivity contribution in [3.05, 3.63) is 34.1 Å². The summed E-state index contributed by atoms with van der Waals surface area (Å²) in [4.78, 5) is 11.3. The van der Waals surface area contributed by atoms with Gasteiger partial charge < -0.3 is 5.32 Å². The van der Waals surface area contributed by atoms with E-state index in [0.29, 0.717) is 4.47 Å². The highest BCUT2D eigenvalue weighted by Crippen LogP contribution is 2.46. The van der Waals surface area contributed by atoms with Gasteiger partial charge in [-0.25, -0.2) is 4.39 Å². The van der Waals surface area contributed by atoms with Crippen LogP contribution in [0.2, 0.25) is 0 Å². The summed E-state index contributed by atoms with van der Waals surface area (Å²) in [5.41, 5.74) is 0.585. The first kappa shape index (κ1) is 11.9. The molecular weight excluding hydrogens is 296 g/mol. The van der Waals surface area contributed by atoms with Crippen LogP contribution in [0.4, 0.5) is 4.39 Å². The lowest BCUT2D eigenvalue weighted by Gasteiger charge is -2.17. The number of alkyl halides is 1. The normalized spacial score (nSPS) is 16.9. The SMILES string of the molecule is O=C(CCl)NC1(c2ccc(F)c(Br)c2)CC1. The van der Waals surface area contributed by atoms with Crippen molar-refractivity contribution < 1.29 is 9.18 Å². The molecule has 1 aromatic carbocycles. The van der Waals surface area contributed by atoms with Crippen LogP contribution >= 0.6 is 27.5 Å². The van der Waals surface area contributed by atoms with Crippen LogP contribution in [0.25, 0.3) is 0 Å². The van der Waals surface area contributed by atoms with Crippen LogP contribution in [0.5, 0.6) is 0 Å². The predicted molar refractivity (Wildman–Crippen MR) is 63.9 cm³/mol. The maximum atomic E-state index is 13.1. The Hall–Kier alpha value is -0.610. The largest absolute Gasteiger partial charge is 0.346 e. The Morgan fingerprint density at radius 3 is 2.75 bits per heavy atom. The fraction of sp³-hybridized carbons (Fsp3) is 0.364. The van der Waals surface area contributed by atoms with E-state index in [1.165, 1.54) is 6.07 Å². The molecule has 0 bridgehead atoms.